The zero-order chi connectivity index (χ0) is 22.7. The minimum absolute atomic E-state index is 0.188. The number of fused-ring (bicyclic) bond motifs is 1. The molecule has 0 aliphatic rings. The summed E-state index contributed by atoms with van der Waals surface area (Å²) in [6.45, 7) is 4.73. The Balaban J connectivity index is 1.81. The van der Waals surface area contributed by atoms with Crippen LogP contribution in [0.4, 0.5) is 0 Å². The molecule has 0 radical (unpaired) electrons. The molecule has 0 saturated carbocycles. The number of hydrogen-bond donors (Lipinski definition) is 2. The van der Waals surface area contributed by atoms with Crippen LogP contribution >= 0.6 is 11.6 Å². The number of halogens is 1. The number of aliphatic carboxylic acids is 1. The van der Waals surface area contributed by atoms with Crippen molar-refractivity contribution in [2.75, 3.05) is 6.61 Å². The van der Waals surface area contributed by atoms with Gasteiger partial charge in [-0.25, -0.2) is 4.79 Å². The summed E-state index contributed by atoms with van der Waals surface area (Å²) in [6.07, 6.45) is 0. The molecule has 0 aliphatic heterocycles. The third-order valence-corrected chi connectivity index (χ3v) is 5.04. The van der Waals surface area contributed by atoms with Crippen molar-refractivity contribution < 1.29 is 23.8 Å². The lowest BCUT2D eigenvalue weighted by molar-refractivity contribution is -0.143. The number of aryl methyl sites for hydroxylation is 1. The Morgan fingerprint density at radius 1 is 1.16 bits per heavy atom. The summed E-state index contributed by atoms with van der Waals surface area (Å²) >= 11 is 5.93. The number of hydrogen-bond acceptors (Lipinski definition) is 5. The Hall–Kier alpha value is -3.32. The molecular weight excluding hydrogens is 422 g/mol. The maximum Gasteiger partial charge on any atom is 0.326 e. The number of benzene rings is 2. The van der Waals surface area contributed by atoms with Gasteiger partial charge >= 0.3 is 5.97 Å². The van der Waals surface area contributed by atoms with E-state index in [4.69, 9.17) is 25.9 Å². The van der Waals surface area contributed by atoms with Crippen molar-refractivity contribution in [2.24, 2.45) is 5.92 Å². The summed E-state index contributed by atoms with van der Waals surface area (Å²) in [6, 6.07) is 10.6. The van der Waals surface area contributed by atoms with Crippen LogP contribution in [0, 0.1) is 12.8 Å². The maximum absolute atomic E-state index is 13.0. The van der Waals surface area contributed by atoms with Crippen molar-refractivity contribution in [3.63, 3.8) is 0 Å². The average Bonchev–Trinajstić information content (AvgIpc) is 2.71. The van der Waals surface area contributed by atoms with Crippen molar-refractivity contribution in [2.45, 2.75) is 26.8 Å². The normalized spacial score (nSPS) is 12.0. The Kier molecular flexibility index (Phi) is 6.65. The molecule has 0 aliphatic carbocycles. The Morgan fingerprint density at radius 2 is 1.84 bits per heavy atom. The molecule has 162 valence electrons. The van der Waals surface area contributed by atoms with Crippen LogP contribution in [0.3, 0.4) is 0 Å². The molecule has 0 fully saturated rings. The summed E-state index contributed by atoms with van der Waals surface area (Å²) in [4.78, 5) is 36.3. The van der Waals surface area contributed by atoms with Crippen molar-refractivity contribution in [3.8, 4) is 16.9 Å². The smallest absolute Gasteiger partial charge is 0.326 e. The molecule has 1 amide bonds. The summed E-state index contributed by atoms with van der Waals surface area (Å²) in [5.41, 5.74) is 1.29. The number of ether oxygens (including phenoxy) is 1. The topological polar surface area (TPSA) is 106 Å². The number of rotatable bonds is 7. The van der Waals surface area contributed by atoms with Crippen molar-refractivity contribution in [1.82, 2.24) is 5.32 Å². The van der Waals surface area contributed by atoms with Gasteiger partial charge < -0.3 is 19.6 Å². The van der Waals surface area contributed by atoms with E-state index in [1.165, 1.54) is 6.07 Å². The molecule has 7 nitrogen and oxygen atoms in total. The molecule has 1 atom stereocenters. The van der Waals surface area contributed by atoms with Crippen LogP contribution in [0.15, 0.2) is 51.7 Å². The third kappa shape index (κ3) is 5.06. The second-order valence-corrected chi connectivity index (χ2v) is 7.88. The highest BCUT2D eigenvalue weighted by molar-refractivity contribution is 6.30. The van der Waals surface area contributed by atoms with E-state index in [1.807, 2.05) is 0 Å². The quantitative estimate of drug-likeness (QED) is 0.571. The summed E-state index contributed by atoms with van der Waals surface area (Å²) in [7, 11) is 0. The van der Waals surface area contributed by atoms with Gasteiger partial charge in [-0.05, 0) is 42.7 Å². The fourth-order valence-electron chi connectivity index (χ4n) is 3.20. The number of carbonyl (C=O) groups excluding carboxylic acids is 1. The molecule has 3 rings (SSSR count). The first-order chi connectivity index (χ1) is 14.7. The molecule has 1 unspecified atom stereocenters. The van der Waals surface area contributed by atoms with Gasteiger partial charge in [-0.15, -0.1) is 0 Å². The van der Waals surface area contributed by atoms with Crippen LogP contribution in [0.1, 0.15) is 19.6 Å². The predicted octanol–water partition coefficient (Wildman–Crippen LogP) is 4.03. The average molecular weight is 444 g/mol. The second-order valence-electron chi connectivity index (χ2n) is 7.44. The van der Waals surface area contributed by atoms with E-state index in [2.05, 4.69) is 5.32 Å². The zero-order valence-electron chi connectivity index (χ0n) is 17.3. The monoisotopic (exact) mass is 443 g/mol. The molecule has 0 saturated heterocycles. The van der Waals surface area contributed by atoms with Gasteiger partial charge in [-0.3, -0.25) is 9.59 Å². The van der Waals surface area contributed by atoms with Crippen LogP contribution in [0.2, 0.25) is 5.02 Å². The standard InChI is InChI=1S/C23H22ClNO6/c1-12(2)21(23(28)29)25-19(26)11-30-16-8-9-17-18(10-16)31-13(3)20(22(17)27)14-4-6-15(24)7-5-14/h4-10,12,21H,11H2,1-3H3,(H,25,26)(H,28,29). The number of amides is 1. The lowest BCUT2D eigenvalue weighted by atomic mass is 10.0. The highest BCUT2D eigenvalue weighted by Gasteiger charge is 2.23. The van der Waals surface area contributed by atoms with Gasteiger partial charge in [0.1, 0.15) is 23.1 Å². The first-order valence-corrected chi connectivity index (χ1v) is 10.0. The first kappa shape index (κ1) is 22.4. The molecule has 2 aromatic carbocycles. The van der Waals surface area contributed by atoms with Gasteiger partial charge in [0.25, 0.3) is 5.91 Å². The Bertz CT molecular complexity index is 1180. The van der Waals surface area contributed by atoms with Crippen molar-refractivity contribution in [3.05, 3.63) is 63.5 Å². The van der Waals surface area contributed by atoms with Gasteiger partial charge in [0.05, 0.1) is 10.9 Å². The minimum Gasteiger partial charge on any atom is -0.484 e. The van der Waals surface area contributed by atoms with Crippen molar-refractivity contribution >= 4 is 34.4 Å². The fourth-order valence-corrected chi connectivity index (χ4v) is 3.33. The zero-order valence-corrected chi connectivity index (χ0v) is 18.0. The third-order valence-electron chi connectivity index (χ3n) is 4.79. The first-order valence-electron chi connectivity index (χ1n) is 9.65. The lowest BCUT2D eigenvalue weighted by Gasteiger charge is -2.18. The lowest BCUT2D eigenvalue weighted by Crippen LogP contribution is -2.46. The van der Waals surface area contributed by atoms with E-state index >= 15 is 0 Å². The highest BCUT2D eigenvalue weighted by atomic mass is 35.5. The van der Waals surface area contributed by atoms with E-state index in [9.17, 15) is 14.4 Å². The molecule has 8 heteroatoms. The van der Waals surface area contributed by atoms with Crippen molar-refractivity contribution in [1.29, 1.82) is 0 Å². The number of carboxylic acid groups (broad SMARTS) is 1. The number of carboxylic acids is 1. The molecule has 1 heterocycles. The molecular formula is C23H22ClNO6. The molecule has 1 aromatic heterocycles. The summed E-state index contributed by atoms with van der Waals surface area (Å²) < 4.78 is 11.3. The van der Waals surface area contributed by atoms with Crippen LogP contribution in [0.25, 0.3) is 22.1 Å². The van der Waals surface area contributed by atoms with E-state index < -0.39 is 17.9 Å². The van der Waals surface area contributed by atoms with Crippen LogP contribution in [-0.4, -0.2) is 29.6 Å². The van der Waals surface area contributed by atoms with Crippen LogP contribution in [-0.2, 0) is 9.59 Å². The molecule has 31 heavy (non-hydrogen) atoms. The number of nitrogens with one attached hydrogen (secondary N) is 1. The molecule has 0 spiro atoms. The molecule has 2 N–H and O–H groups in total. The van der Waals surface area contributed by atoms with Crippen LogP contribution < -0.4 is 15.5 Å². The van der Waals surface area contributed by atoms with Gasteiger partial charge in [0, 0.05) is 11.1 Å². The van der Waals surface area contributed by atoms with E-state index in [-0.39, 0.29) is 18.0 Å². The Morgan fingerprint density at radius 3 is 2.45 bits per heavy atom. The summed E-state index contributed by atoms with van der Waals surface area (Å²) in [5, 5.41) is 12.5. The SMILES string of the molecule is Cc1oc2cc(OCC(=O)NC(C(=O)O)C(C)C)ccc2c(=O)c1-c1ccc(Cl)cc1. The fraction of sp³-hybridized carbons (Fsp3) is 0.261. The maximum atomic E-state index is 13.0. The molecule has 3 aromatic rings. The van der Waals surface area contributed by atoms with E-state index in [0.29, 0.717) is 38.6 Å². The van der Waals surface area contributed by atoms with E-state index in [0.717, 1.165) is 0 Å². The van der Waals surface area contributed by atoms with Gasteiger partial charge in [-0.1, -0.05) is 37.6 Å². The van der Waals surface area contributed by atoms with E-state index in [1.54, 1.807) is 57.2 Å². The Labute approximate surface area is 183 Å². The van der Waals surface area contributed by atoms with Crippen LogP contribution in [0.5, 0.6) is 5.75 Å². The summed E-state index contributed by atoms with van der Waals surface area (Å²) in [5.74, 6) is -1.18. The largest absolute Gasteiger partial charge is 0.484 e. The van der Waals surface area contributed by atoms with Gasteiger partial charge in [0.15, 0.2) is 6.61 Å². The second kappa shape index (κ2) is 9.22. The number of carbonyl (C=O) groups is 2. The van der Waals surface area contributed by atoms with Gasteiger partial charge in [-0.2, -0.15) is 0 Å². The highest BCUT2D eigenvalue weighted by Crippen LogP contribution is 2.27. The van der Waals surface area contributed by atoms with Gasteiger partial charge in [0.2, 0.25) is 5.43 Å². The minimum atomic E-state index is -1.11. The molecule has 0 bridgehead atoms. The predicted molar refractivity (Wildman–Crippen MR) is 118 cm³/mol.